The summed E-state index contributed by atoms with van der Waals surface area (Å²) in [7, 11) is 3.32. The van der Waals surface area contributed by atoms with Gasteiger partial charge in [0.15, 0.2) is 11.4 Å². The summed E-state index contributed by atoms with van der Waals surface area (Å²) in [5.74, 6) is 1.35. The lowest BCUT2D eigenvalue weighted by atomic mass is 9.75. The van der Waals surface area contributed by atoms with Gasteiger partial charge in [-0.3, -0.25) is 19.2 Å². The van der Waals surface area contributed by atoms with Crippen molar-refractivity contribution in [3.05, 3.63) is 82.1 Å². The Bertz CT molecular complexity index is 2090. The van der Waals surface area contributed by atoms with Crippen LogP contribution in [-0.4, -0.2) is 73.3 Å². The molecular formula is C38H40N6O8. The molecule has 14 heteroatoms. The number of rotatable bonds is 5. The maximum absolute atomic E-state index is 13.7. The van der Waals surface area contributed by atoms with Gasteiger partial charge in [0, 0.05) is 38.1 Å². The van der Waals surface area contributed by atoms with E-state index in [1.54, 1.807) is 26.2 Å². The van der Waals surface area contributed by atoms with Crippen LogP contribution in [-0.2, 0) is 35.3 Å². The predicted molar refractivity (Wildman–Crippen MR) is 187 cm³/mol. The average molecular weight is 709 g/mol. The van der Waals surface area contributed by atoms with Crippen LogP contribution >= 0.6 is 0 Å². The first-order valence-corrected chi connectivity index (χ1v) is 17.7. The number of fused-ring (bicyclic) bond motifs is 4. The number of likely N-dealkylation sites (N-methyl/N-ethyl adjacent to an activating group) is 2. The molecular weight excluding hydrogens is 668 g/mol. The maximum Gasteiger partial charge on any atom is 0.274 e. The lowest BCUT2D eigenvalue weighted by molar-refractivity contribution is -0.121. The standard InChI is InChI=1S/C38H40N6O8/c1-19-9-11-29-23(13-19)33(41-51-29)35(45)40-26-18-50-31-12-10-21(15-28(31)44(4)38(26)48)22-16-32-24(14-20(22)2)34(42-52-32)36(46)39-25-17-49-30-8-6-5-7-27(30)43(3)37(25)47/h5-8,10,12,15,19-20,22,25-26H,9,11,13-14,16-18H2,1-4H3,(H,39,46)(H,40,45)/t19-,20-,22?,25+,26+/m1/s1. The zero-order valence-corrected chi connectivity index (χ0v) is 29.4. The van der Waals surface area contributed by atoms with Crippen LogP contribution in [0.1, 0.15) is 75.4 Å². The molecule has 0 saturated carbocycles. The molecule has 0 radical (unpaired) electrons. The van der Waals surface area contributed by atoms with Crippen molar-refractivity contribution in [2.24, 2.45) is 11.8 Å². The van der Waals surface area contributed by atoms with Crippen LogP contribution < -0.4 is 29.9 Å². The number of anilines is 2. The van der Waals surface area contributed by atoms with Crippen molar-refractivity contribution in [3.63, 3.8) is 0 Å². The molecule has 0 bridgehead atoms. The normalized spacial score (nSPS) is 23.9. The van der Waals surface area contributed by atoms with Gasteiger partial charge < -0.3 is 39.0 Å². The highest BCUT2D eigenvalue weighted by atomic mass is 16.5. The topological polar surface area (TPSA) is 169 Å². The number of nitrogens with one attached hydrogen (secondary N) is 2. The minimum Gasteiger partial charge on any atom is -0.489 e. The third-order valence-corrected chi connectivity index (χ3v) is 10.9. The van der Waals surface area contributed by atoms with Gasteiger partial charge >= 0.3 is 0 Å². The number of carbonyl (C=O) groups is 4. The fraction of sp³-hybridized carbons (Fsp3) is 0.421. The van der Waals surface area contributed by atoms with Crippen LogP contribution in [0.2, 0.25) is 0 Å². The van der Waals surface area contributed by atoms with Crippen LogP contribution in [0.25, 0.3) is 0 Å². The monoisotopic (exact) mass is 708 g/mol. The van der Waals surface area contributed by atoms with Crippen molar-refractivity contribution >= 4 is 35.0 Å². The molecule has 2 aliphatic heterocycles. The van der Waals surface area contributed by atoms with Crippen molar-refractivity contribution in [3.8, 4) is 11.5 Å². The van der Waals surface area contributed by atoms with Gasteiger partial charge in [0.1, 0.15) is 48.3 Å². The highest BCUT2D eigenvalue weighted by Gasteiger charge is 2.38. The number of carbonyl (C=O) groups excluding carboxylic acids is 4. The number of aromatic nitrogens is 2. The molecule has 8 rings (SSSR count). The Hall–Kier alpha value is -5.66. The molecule has 5 atom stereocenters. The summed E-state index contributed by atoms with van der Waals surface area (Å²) in [5.41, 5.74) is 4.10. The van der Waals surface area contributed by atoms with E-state index < -0.39 is 23.9 Å². The van der Waals surface area contributed by atoms with Gasteiger partial charge in [-0.15, -0.1) is 0 Å². The molecule has 2 aromatic carbocycles. The summed E-state index contributed by atoms with van der Waals surface area (Å²) in [6.45, 7) is 4.18. The molecule has 2 aliphatic carbocycles. The lowest BCUT2D eigenvalue weighted by Gasteiger charge is -2.29. The second-order valence-corrected chi connectivity index (χ2v) is 14.4. The predicted octanol–water partition coefficient (Wildman–Crippen LogP) is 3.61. The summed E-state index contributed by atoms with van der Waals surface area (Å²) in [4.78, 5) is 56.7. The van der Waals surface area contributed by atoms with Gasteiger partial charge in [-0.05, 0) is 66.8 Å². The van der Waals surface area contributed by atoms with E-state index in [1.165, 1.54) is 9.80 Å². The molecule has 0 spiro atoms. The number of hydrogen-bond donors (Lipinski definition) is 2. The number of ether oxygens (including phenoxy) is 2. The number of aryl methyl sites for hydroxylation is 1. The highest BCUT2D eigenvalue weighted by molar-refractivity contribution is 6.04. The van der Waals surface area contributed by atoms with Gasteiger partial charge in [-0.2, -0.15) is 0 Å². The number of nitrogens with zero attached hydrogens (tertiary/aromatic N) is 4. The third-order valence-electron chi connectivity index (χ3n) is 10.9. The van der Waals surface area contributed by atoms with E-state index in [0.717, 1.165) is 29.7 Å². The molecule has 0 fully saturated rings. The van der Waals surface area contributed by atoms with Gasteiger partial charge in [0.2, 0.25) is 0 Å². The smallest absolute Gasteiger partial charge is 0.274 e. The molecule has 4 aliphatic rings. The average Bonchev–Trinajstić information content (AvgIpc) is 3.71. The SMILES string of the molecule is C[C@@H]1CCc2onc(C(=O)N[C@H]3COc4ccc(C5Cc6onc(C(=O)N[C@H]7COc8ccccc8N(C)C7=O)c6C[C@H]5C)cc4N(C)C3=O)c2C1. The fourth-order valence-corrected chi connectivity index (χ4v) is 7.82. The molecule has 2 aromatic heterocycles. The maximum atomic E-state index is 13.7. The Labute approximate surface area is 299 Å². The quantitative estimate of drug-likeness (QED) is 0.312. The lowest BCUT2D eigenvalue weighted by Crippen LogP contribution is -2.49. The van der Waals surface area contributed by atoms with E-state index in [-0.39, 0.29) is 48.3 Å². The molecule has 2 N–H and O–H groups in total. The summed E-state index contributed by atoms with van der Waals surface area (Å²) in [6, 6.07) is 11.2. The highest BCUT2D eigenvalue weighted by Crippen LogP contribution is 2.42. The Kier molecular flexibility index (Phi) is 8.47. The molecule has 4 heterocycles. The summed E-state index contributed by atoms with van der Waals surface area (Å²) in [6.07, 6.45) is 3.43. The molecule has 4 amide bonds. The number of para-hydroxylation sites is 2. The zero-order valence-electron chi connectivity index (χ0n) is 29.4. The van der Waals surface area contributed by atoms with Crippen LogP contribution in [0.3, 0.4) is 0 Å². The molecule has 4 aromatic rings. The second kappa shape index (κ2) is 13.1. The molecule has 14 nitrogen and oxygen atoms in total. The van der Waals surface area contributed by atoms with E-state index >= 15 is 0 Å². The Morgan fingerprint density at radius 2 is 1.35 bits per heavy atom. The summed E-state index contributed by atoms with van der Waals surface area (Å²) in [5, 5.41) is 13.8. The summed E-state index contributed by atoms with van der Waals surface area (Å²) < 4.78 is 23.1. The van der Waals surface area contributed by atoms with Crippen molar-refractivity contribution in [2.45, 2.75) is 64.0 Å². The van der Waals surface area contributed by atoms with E-state index in [0.29, 0.717) is 59.4 Å². The number of hydrogen-bond acceptors (Lipinski definition) is 10. The Balaban J connectivity index is 0.953. The first kappa shape index (κ1) is 33.5. The Morgan fingerprint density at radius 1 is 0.750 bits per heavy atom. The Morgan fingerprint density at radius 3 is 2.04 bits per heavy atom. The van der Waals surface area contributed by atoms with E-state index in [9.17, 15) is 19.2 Å². The van der Waals surface area contributed by atoms with Crippen LogP contribution in [0.4, 0.5) is 11.4 Å². The number of amides is 4. The molecule has 1 unspecified atom stereocenters. The van der Waals surface area contributed by atoms with Gasteiger partial charge in [0.05, 0.1) is 11.4 Å². The van der Waals surface area contributed by atoms with Crippen molar-refractivity contribution in [2.75, 3.05) is 37.1 Å². The first-order valence-electron chi connectivity index (χ1n) is 17.7. The van der Waals surface area contributed by atoms with Crippen molar-refractivity contribution in [1.29, 1.82) is 0 Å². The van der Waals surface area contributed by atoms with Gasteiger partial charge in [-0.25, -0.2) is 0 Å². The second-order valence-electron chi connectivity index (χ2n) is 14.4. The summed E-state index contributed by atoms with van der Waals surface area (Å²) >= 11 is 0. The van der Waals surface area contributed by atoms with Crippen molar-refractivity contribution < 1.29 is 37.7 Å². The minimum absolute atomic E-state index is 0.00589. The molecule has 52 heavy (non-hydrogen) atoms. The largest absolute Gasteiger partial charge is 0.489 e. The van der Waals surface area contributed by atoms with Crippen LogP contribution in [0, 0.1) is 11.8 Å². The molecule has 270 valence electrons. The fourth-order valence-electron chi connectivity index (χ4n) is 7.82. The van der Waals surface area contributed by atoms with Crippen LogP contribution in [0.5, 0.6) is 11.5 Å². The van der Waals surface area contributed by atoms with E-state index in [1.807, 2.05) is 30.3 Å². The van der Waals surface area contributed by atoms with Crippen molar-refractivity contribution in [1.82, 2.24) is 20.9 Å². The van der Waals surface area contributed by atoms with Gasteiger partial charge in [0.25, 0.3) is 23.6 Å². The first-order chi connectivity index (χ1) is 25.1. The van der Waals surface area contributed by atoms with Crippen LogP contribution in [0.15, 0.2) is 51.5 Å². The zero-order chi connectivity index (χ0) is 36.3. The van der Waals surface area contributed by atoms with Gasteiger partial charge in [-0.1, -0.05) is 42.4 Å². The molecule has 0 saturated heterocycles. The minimum atomic E-state index is -0.924. The van der Waals surface area contributed by atoms with E-state index in [2.05, 4.69) is 34.8 Å². The number of benzene rings is 2. The third kappa shape index (κ3) is 5.85. The van der Waals surface area contributed by atoms with E-state index in [4.69, 9.17) is 18.5 Å².